The first-order chi connectivity index (χ1) is 8.52. The molecule has 0 aromatic carbocycles. The molecule has 0 aromatic rings. The van der Waals surface area contributed by atoms with Gasteiger partial charge in [-0.3, -0.25) is 0 Å². The van der Waals surface area contributed by atoms with Crippen LogP contribution < -0.4 is 0 Å². The first kappa shape index (κ1) is 16.1. The van der Waals surface area contributed by atoms with Gasteiger partial charge in [0.25, 0.3) is 0 Å². The molecule has 108 valence electrons. The predicted molar refractivity (Wildman–Crippen MR) is 82.9 cm³/mol. The van der Waals surface area contributed by atoms with Gasteiger partial charge in [0.2, 0.25) is 0 Å². The highest BCUT2D eigenvalue weighted by Crippen LogP contribution is 2.40. The summed E-state index contributed by atoms with van der Waals surface area (Å²) < 4.78 is 0. The van der Waals surface area contributed by atoms with Gasteiger partial charge < -0.3 is 0 Å². The first-order valence-corrected chi connectivity index (χ1v) is 8.52. The second-order valence-corrected chi connectivity index (χ2v) is 7.67. The number of rotatable bonds is 5. The third kappa shape index (κ3) is 6.25. The normalized spacial score (nSPS) is 20.5. The Kier molecular flexibility index (Phi) is 7.34. The average Bonchev–Trinajstić information content (AvgIpc) is 2.41. The van der Waals surface area contributed by atoms with E-state index in [9.17, 15) is 0 Å². The lowest BCUT2D eigenvalue weighted by atomic mass is 9.71. The summed E-state index contributed by atoms with van der Waals surface area (Å²) in [6, 6.07) is 0. The van der Waals surface area contributed by atoms with E-state index in [0.717, 1.165) is 11.8 Å². The van der Waals surface area contributed by atoms with Crippen molar-refractivity contribution in [2.45, 2.75) is 98.3 Å². The summed E-state index contributed by atoms with van der Waals surface area (Å²) in [5.41, 5.74) is 0.583. The molecule has 0 radical (unpaired) electrons. The highest BCUT2D eigenvalue weighted by atomic mass is 14.3. The van der Waals surface area contributed by atoms with E-state index in [0.29, 0.717) is 5.41 Å². The summed E-state index contributed by atoms with van der Waals surface area (Å²) in [6.45, 7) is 9.78. The van der Waals surface area contributed by atoms with E-state index in [1.165, 1.54) is 70.6 Å². The highest BCUT2D eigenvalue weighted by Gasteiger charge is 2.28. The first-order valence-electron chi connectivity index (χ1n) is 8.52. The maximum Gasteiger partial charge on any atom is -0.0326 e. The fourth-order valence-corrected chi connectivity index (χ4v) is 3.58. The molecular formula is C18H36. The fraction of sp³-hybridized carbons (Fsp3) is 1.00. The van der Waals surface area contributed by atoms with Crippen LogP contribution in [0, 0.1) is 17.3 Å². The van der Waals surface area contributed by atoms with Gasteiger partial charge in [-0.25, -0.2) is 0 Å². The van der Waals surface area contributed by atoms with Crippen molar-refractivity contribution in [2.75, 3.05) is 0 Å². The molecule has 0 aliphatic heterocycles. The molecule has 1 saturated carbocycles. The molecule has 0 aromatic heterocycles. The zero-order valence-corrected chi connectivity index (χ0v) is 13.4. The lowest BCUT2D eigenvalue weighted by Gasteiger charge is -2.35. The van der Waals surface area contributed by atoms with Crippen molar-refractivity contribution in [3.63, 3.8) is 0 Å². The molecule has 0 amide bonds. The largest absolute Gasteiger partial charge is 0.0628 e. The summed E-state index contributed by atoms with van der Waals surface area (Å²) in [7, 11) is 0. The minimum atomic E-state index is 0.583. The standard InChI is InChI=1S/C18H36/c1-16(2)12-11-15-18(3,4)17-13-9-7-5-6-8-10-14-17/h16-17H,5-15H2,1-4H3. The average molecular weight is 252 g/mol. The maximum absolute atomic E-state index is 2.54. The van der Waals surface area contributed by atoms with Gasteiger partial charge in [0, 0.05) is 0 Å². The Labute approximate surface area is 116 Å². The van der Waals surface area contributed by atoms with Gasteiger partial charge in [0.15, 0.2) is 0 Å². The molecule has 1 aliphatic rings. The van der Waals surface area contributed by atoms with E-state index in [-0.39, 0.29) is 0 Å². The van der Waals surface area contributed by atoms with Crippen molar-refractivity contribution in [3.05, 3.63) is 0 Å². The van der Waals surface area contributed by atoms with Crippen LogP contribution in [-0.2, 0) is 0 Å². The summed E-state index contributed by atoms with van der Waals surface area (Å²) >= 11 is 0. The number of hydrogen-bond donors (Lipinski definition) is 0. The second-order valence-electron chi connectivity index (χ2n) is 7.67. The van der Waals surface area contributed by atoms with E-state index in [1.54, 1.807) is 0 Å². The zero-order chi connectivity index (χ0) is 13.4. The van der Waals surface area contributed by atoms with E-state index >= 15 is 0 Å². The second kappa shape index (κ2) is 8.23. The smallest absolute Gasteiger partial charge is 0.0326 e. The third-order valence-corrected chi connectivity index (χ3v) is 5.06. The topological polar surface area (TPSA) is 0 Å². The van der Waals surface area contributed by atoms with Gasteiger partial charge >= 0.3 is 0 Å². The zero-order valence-electron chi connectivity index (χ0n) is 13.4. The summed E-state index contributed by atoms with van der Waals surface area (Å²) in [5.74, 6) is 1.86. The predicted octanol–water partition coefficient (Wildman–Crippen LogP) is 6.59. The Balaban J connectivity index is 2.40. The molecule has 0 nitrogen and oxygen atoms in total. The van der Waals surface area contributed by atoms with Gasteiger partial charge in [0.05, 0.1) is 0 Å². The van der Waals surface area contributed by atoms with Crippen molar-refractivity contribution in [1.82, 2.24) is 0 Å². The van der Waals surface area contributed by atoms with Gasteiger partial charge in [-0.15, -0.1) is 0 Å². The van der Waals surface area contributed by atoms with Crippen molar-refractivity contribution >= 4 is 0 Å². The van der Waals surface area contributed by atoms with Gasteiger partial charge in [-0.1, -0.05) is 79.1 Å². The lowest BCUT2D eigenvalue weighted by Crippen LogP contribution is -2.24. The van der Waals surface area contributed by atoms with Crippen molar-refractivity contribution in [1.29, 1.82) is 0 Å². The van der Waals surface area contributed by atoms with E-state index in [2.05, 4.69) is 27.7 Å². The molecule has 0 bridgehead atoms. The summed E-state index contributed by atoms with van der Waals surface area (Å²) in [6.07, 6.45) is 16.2. The molecule has 1 fully saturated rings. The van der Waals surface area contributed by atoms with E-state index in [1.807, 2.05) is 0 Å². The Morgan fingerprint density at radius 3 is 1.89 bits per heavy atom. The molecule has 0 heteroatoms. The van der Waals surface area contributed by atoms with Crippen molar-refractivity contribution in [3.8, 4) is 0 Å². The molecule has 0 unspecified atom stereocenters. The van der Waals surface area contributed by atoms with Gasteiger partial charge in [-0.2, -0.15) is 0 Å². The lowest BCUT2D eigenvalue weighted by molar-refractivity contribution is 0.160. The summed E-state index contributed by atoms with van der Waals surface area (Å²) in [4.78, 5) is 0. The van der Waals surface area contributed by atoms with E-state index < -0.39 is 0 Å². The van der Waals surface area contributed by atoms with Crippen LogP contribution in [0.4, 0.5) is 0 Å². The SMILES string of the molecule is CC(C)CCCC(C)(C)C1CCCCCCCC1. The minimum Gasteiger partial charge on any atom is -0.0628 e. The number of hydrogen-bond acceptors (Lipinski definition) is 0. The van der Waals surface area contributed by atoms with Gasteiger partial charge in [-0.05, 0) is 36.5 Å². The Morgan fingerprint density at radius 1 is 0.889 bits per heavy atom. The molecule has 0 atom stereocenters. The van der Waals surface area contributed by atoms with Crippen LogP contribution in [0.1, 0.15) is 98.3 Å². The maximum atomic E-state index is 2.54. The van der Waals surface area contributed by atoms with E-state index in [4.69, 9.17) is 0 Å². The molecule has 1 aliphatic carbocycles. The van der Waals surface area contributed by atoms with Gasteiger partial charge in [0.1, 0.15) is 0 Å². The molecule has 0 spiro atoms. The molecule has 0 saturated heterocycles. The molecular weight excluding hydrogens is 216 g/mol. The quantitative estimate of drug-likeness (QED) is 0.518. The highest BCUT2D eigenvalue weighted by molar-refractivity contribution is 4.79. The Hall–Kier alpha value is 0. The molecule has 0 heterocycles. The Morgan fingerprint density at radius 2 is 1.39 bits per heavy atom. The fourth-order valence-electron chi connectivity index (χ4n) is 3.58. The monoisotopic (exact) mass is 252 g/mol. The van der Waals surface area contributed by atoms with Crippen molar-refractivity contribution < 1.29 is 0 Å². The molecule has 18 heavy (non-hydrogen) atoms. The molecule has 0 N–H and O–H groups in total. The summed E-state index contributed by atoms with van der Waals surface area (Å²) in [5, 5.41) is 0. The van der Waals surface area contributed by atoms with Crippen LogP contribution in [0.15, 0.2) is 0 Å². The van der Waals surface area contributed by atoms with Crippen LogP contribution in [0.25, 0.3) is 0 Å². The van der Waals surface area contributed by atoms with Crippen LogP contribution in [-0.4, -0.2) is 0 Å². The Bertz CT molecular complexity index is 192. The van der Waals surface area contributed by atoms with Crippen LogP contribution in [0.3, 0.4) is 0 Å². The van der Waals surface area contributed by atoms with Crippen molar-refractivity contribution in [2.24, 2.45) is 17.3 Å². The van der Waals surface area contributed by atoms with Crippen LogP contribution >= 0.6 is 0 Å². The molecule has 1 rings (SSSR count). The minimum absolute atomic E-state index is 0.583. The van der Waals surface area contributed by atoms with Crippen LogP contribution in [0.5, 0.6) is 0 Å². The third-order valence-electron chi connectivity index (χ3n) is 5.06. The van der Waals surface area contributed by atoms with Crippen LogP contribution in [0.2, 0.25) is 0 Å².